The summed E-state index contributed by atoms with van der Waals surface area (Å²) in [6.45, 7) is 0.661. The molecule has 0 unspecified atom stereocenters. The van der Waals surface area contributed by atoms with E-state index in [1.54, 1.807) is 5.56 Å². The first-order valence-corrected chi connectivity index (χ1v) is 5.97. The van der Waals surface area contributed by atoms with Crippen molar-refractivity contribution in [2.24, 2.45) is 5.73 Å². The third kappa shape index (κ3) is 1.18. The van der Waals surface area contributed by atoms with E-state index in [2.05, 4.69) is 23.6 Å². The van der Waals surface area contributed by atoms with Crippen LogP contribution in [0.25, 0.3) is 10.1 Å². The molecule has 14 heavy (non-hydrogen) atoms. The van der Waals surface area contributed by atoms with Gasteiger partial charge in [0.05, 0.1) is 0 Å². The molecule has 1 fully saturated rings. The second-order valence-electron chi connectivity index (χ2n) is 3.96. The molecule has 1 aliphatic carbocycles. The first kappa shape index (κ1) is 8.45. The first-order chi connectivity index (χ1) is 6.90. The van der Waals surface area contributed by atoms with Crippen LogP contribution in [0.15, 0.2) is 23.6 Å². The zero-order chi connectivity index (χ0) is 9.54. The number of nitrogens with two attached hydrogens (primary N) is 1. The molecule has 0 bridgehead atoms. The maximum Gasteiger partial charge on any atom is 0.0348 e. The highest BCUT2D eigenvalue weighted by atomic mass is 32.1. The van der Waals surface area contributed by atoms with Crippen LogP contribution >= 0.6 is 11.3 Å². The summed E-state index contributed by atoms with van der Waals surface area (Å²) < 4.78 is 1.40. The molecule has 1 saturated carbocycles. The van der Waals surface area contributed by atoms with Gasteiger partial charge in [-0.05, 0) is 41.3 Å². The van der Waals surface area contributed by atoms with Gasteiger partial charge in [-0.2, -0.15) is 0 Å². The van der Waals surface area contributed by atoms with Gasteiger partial charge in [0.15, 0.2) is 0 Å². The summed E-state index contributed by atoms with van der Waals surface area (Å²) in [5.74, 6) is 0.830. The molecule has 0 amide bonds. The van der Waals surface area contributed by atoms with Crippen molar-refractivity contribution in [2.75, 3.05) is 0 Å². The van der Waals surface area contributed by atoms with Crippen molar-refractivity contribution in [3.63, 3.8) is 0 Å². The molecule has 0 saturated heterocycles. The number of hydrogen-bond acceptors (Lipinski definition) is 2. The van der Waals surface area contributed by atoms with Gasteiger partial charge in [0.25, 0.3) is 0 Å². The second-order valence-corrected chi connectivity index (χ2v) is 4.87. The molecular formula is C12H13NS. The number of fused-ring (bicyclic) bond motifs is 1. The van der Waals surface area contributed by atoms with Crippen molar-refractivity contribution >= 4 is 21.4 Å². The maximum atomic E-state index is 5.77. The highest BCUT2D eigenvalue weighted by Crippen LogP contribution is 2.46. The lowest BCUT2D eigenvalue weighted by atomic mass is 10.0. The summed E-state index contributed by atoms with van der Waals surface area (Å²) in [4.78, 5) is 0. The van der Waals surface area contributed by atoms with Crippen LogP contribution in [0.4, 0.5) is 0 Å². The zero-order valence-electron chi connectivity index (χ0n) is 7.99. The number of benzene rings is 1. The van der Waals surface area contributed by atoms with Crippen LogP contribution < -0.4 is 5.73 Å². The molecular weight excluding hydrogens is 190 g/mol. The zero-order valence-corrected chi connectivity index (χ0v) is 8.81. The fraction of sp³-hybridized carbons (Fsp3) is 0.333. The fourth-order valence-corrected chi connectivity index (χ4v) is 3.14. The van der Waals surface area contributed by atoms with Gasteiger partial charge >= 0.3 is 0 Å². The van der Waals surface area contributed by atoms with E-state index >= 15 is 0 Å². The summed E-state index contributed by atoms with van der Waals surface area (Å²) in [7, 11) is 0. The lowest BCUT2D eigenvalue weighted by Gasteiger charge is -2.02. The van der Waals surface area contributed by atoms with E-state index in [9.17, 15) is 0 Å². The monoisotopic (exact) mass is 203 g/mol. The summed E-state index contributed by atoms with van der Waals surface area (Å²) in [6.07, 6.45) is 2.73. The van der Waals surface area contributed by atoms with Gasteiger partial charge in [-0.15, -0.1) is 11.3 Å². The highest BCUT2D eigenvalue weighted by molar-refractivity contribution is 7.17. The molecule has 1 aliphatic rings. The van der Waals surface area contributed by atoms with Crippen molar-refractivity contribution in [2.45, 2.75) is 25.3 Å². The molecule has 2 aromatic rings. The maximum absolute atomic E-state index is 5.77. The summed E-state index contributed by atoms with van der Waals surface area (Å²) in [5.41, 5.74) is 8.63. The molecule has 1 aromatic heterocycles. The smallest absolute Gasteiger partial charge is 0.0348 e. The Kier molecular flexibility index (Phi) is 1.85. The van der Waals surface area contributed by atoms with Crippen molar-refractivity contribution in [1.29, 1.82) is 0 Å². The van der Waals surface area contributed by atoms with Gasteiger partial charge in [-0.3, -0.25) is 0 Å². The molecule has 0 spiro atoms. The quantitative estimate of drug-likeness (QED) is 0.796. The summed E-state index contributed by atoms with van der Waals surface area (Å²) in [6, 6.07) is 6.46. The Labute approximate surface area is 87.5 Å². The largest absolute Gasteiger partial charge is 0.326 e. The predicted octanol–water partition coefficient (Wildman–Crippen LogP) is 3.24. The number of hydrogen-bond donors (Lipinski definition) is 1. The molecule has 72 valence electrons. The van der Waals surface area contributed by atoms with Gasteiger partial charge in [-0.1, -0.05) is 12.1 Å². The molecule has 1 nitrogen and oxygen atoms in total. The van der Waals surface area contributed by atoms with Gasteiger partial charge < -0.3 is 5.73 Å². The van der Waals surface area contributed by atoms with E-state index in [0.29, 0.717) is 6.54 Å². The minimum atomic E-state index is 0.661. The van der Waals surface area contributed by atoms with E-state index in [1.807, 2.05) is 11.3 Å². The van der Waals surface area contributed by atoms with Crippen LogP contribution in [0.1, 0.15) is 29.9 Å². The molecule has 3 rings (SSSR count). The van der Waals surface area contributed by atoms with Crippen molar-refractivity contribution in [1.82, 2.24) is 0 Å². The van der Waals surface area contributed by atoms with Crippen LogP contribution in [0.5, 0.6) is 0 Å². The molecule has 2 heteroatoms. The Morgan fingerprint density at radius 2 is 2.21 bits per heavy atom. The third-order valence-electron chi connectivity index (χ3n) is 2.95. The predicted molar refractivity (Wildman–Crippen MR) is 61.7 cm³/mol. The topological polar surface area (TPSA) is 26.0 Å². The average Bonchev–Trinajstić information content (AvgIpc) is 2.97. The van der Waals surface area contributed by atoms with Gasteiger partial charge in [-0.25, -0.2) is 0 Å². The standard InChI is InChI=1S/C12H13NS/c13-6-9-2-1-3-11-12(9)10(7-14-11)8-4-5-8/h1-3,7-8H,4-6,13H2. The highest BCUT2D eigenvalue weighted by Gasteiger charge is 2.26. The normalized spacial score (nSPS) is 16.4. The van der Waals surface area contributed by atoms with Gasteiger partial charge in [0.1, 0.15) is 0 Å². The number of rotatable bonds is 2. The van der Waals surface area contributed by atoms with Crippen LogP contribution in [0.3, 0.4) is 0 Å². The average molecular weight is 203 g/mol. The summed E-state index contributed by atoms with van der Waals surface area (Å²) >= 11 is 1.86. The van der Waals surface area contributed by atoms with Gasteiger partial charge in [0, 0.05) is 16.6 Å². The molecule has 1 heterocycles. The Morgan fingerprint density at radius 3 is 2.93 bits per heavy atom. The summed E-state index contributed by atoms with van der Waals surface area (Å²) in [5, 5.41) is 3.77. The van der Waals surface area contributed by atoms with Crippen molar-refractivity contribution in [3.05, 3.63) is 34.7 Å². The number of thiophene rings is 1. The Bertz CT molecular complexity index is 468. The van der Waals surface area contributed by atoms with Crippen molar-refractivity contribution < 1.29 is 0 Å². The van der Waals surface area contributed by atoms with Crippen LogP contribution in [-0.4, -0.2) is 0 Å². The third-order valence-corrected chi connectivity index (χ3v) is 3.92. The molecule has 0 radical (unpaired) electrons. The van der Waals surface area contributed by atoms with E-state index in [1.165, 1.54) is 28.5 Å². The fourth-order valence-electron chi connectivity index (χ4n) is 2.05. The van der Waals surface area contributed by atoms with E-state index < -0.39 is 0 Å². The molecule has 0 aliphatic heterocycles. The minimum absolute atomic E-state index is 0.661. The molecule has 0 atom stereocenters. The van der Waals surface area contributed by atoms with Crippen molar-refractivity contribution in [3.8, 4) is 0 Å². The Morgan fingerprint density at radius 1 is 1.36 bits per heavy atom. The lowest BCUT2D eigenvalue weighted by molar-refractivity contribution is 1.08. The minimum Gasteiger partial charge on any atom is -0.326 e. The van der Waals surface area contributed by atoms with Crippen LogP contribution in [-0.2, 0) is 6.54 Å². The Hall–Kier alpha value is -0.860. The Balaban J connectivity index is 2.29. The van der Waals surface area contributed by atoms with E-state index in [0.717, 1.165) is 5.92 Å². The first-order valence-electron chi connectivity index (χ1n) is 5.09. The van der Waals surface area contributed by atoms with Crippen LogP contribution in [0.2, 0.25) is 0 Å². The second kappa shape index (κ2) is 3.07. The van der Waals surface area contributed by atoms with Gasteiger partial charge in [0.2, 0.25) is 0 Å². The van der Waals surface area contributed by atoms with E-state index in [-0.39, 0.29) is 0 Å². The van der Waals surface area contributed by atoms with E-state index in [4.69, 9.17) is 5.73 Å². The van der Waals surface area contributed by atoms with Crippen LogP contribution in [0, 0.1) is 0 Å². The lowest BCUT2D eigenvalue weighted by Crippen LogP contribution is -1.97. The SMILES string of the molecule is NCc1cccc2scc(C3CC3)c12. The molecule has 1 aromatic carbocycles. The molecule has 2 N–H and O–H groups in total.